The van der Waals surface area contributed by atoms with Crippen LogP contribution >= 0.6 is 0 Å². The smallest absolute Gasteiger partial charge is 0.353 e. The van der Waals surface area contributed by atoms with Crippen molar-refractivity contribution in [2.75, 3.05) is 13.6 Å². The molecule has 0 bridgehead atoms. The number of hydrogen-bond acceptors (Lipinski definition) is 4. The van der Waals surface area contributed by atoms with E-state index < -0.39 is 12.5 Å². The molecule has 2 saturated carbocycles. The van der Waals surface area contributed by atoms with Gasteiger partial charge in [0.15, 0.2) is 0 Å². The Balaban J connectivity index is 1.32. The van der Waals surface area contributed by atoms with E-state index in [1.54, 1.807) is 0 Å². The van der Waals surface area contributed by atoms with Crippen LogP contribution in [0.15, 0.2) is 0 Å². The van der Waals surface area contributed by atoms with E-state index in [0.717, 1.165) is 32.2 Å². The highest BCUT2D eigenvalue weighted by Crippen LogP contribution is 2.44. The zero-order valence-electron chi connectivity index (χ0n) is 20.6. The van der Waals surface area contributed by atoms with Gasteiger partial charge in [-0.1, -0.05) is 6.92 Å². The number of hydrogen-bond donors (Lipinski definition) is 2. The molecule has 0 aromatic heterocycles. The molecular weight excluding hydrogens is 447 g/mol. The SMILES string of the molecule is CC1CC2C(CN1)CC(C1CC(C(=O)NC3CCC(OC(F)(F)F)CC3)CCC1C)C(=O)N2C. The summed E-state index contributed by atoms with van der Waals surface area (Å²) in [5.41, 5.74) is 0. The average molecular weight is 488 g/mol. The van der Waals surface area contributed by atoms with Crippen LogP contribution in [-0.2, 0) is 14.3 Å². The summed E-state index contributed by atoms with van der Waals surface area (Å²) in [6, 6.07) is 0.621. The minimum absolute atomic E-state index is 0.000243. The van der Waals surface area contributed by atoms with Crippen molar-refractivity contribution >= 4 is 11.8 Å². The summed E-state index contributed by atoms with van der Waals surface area (Å²) in [4.78, 5) is 28.4. The molecule has 34 heavy (non-hydrogen) atoms. The van der Waals surface area contributed by atoms with Crippen LogP contribution in [0.2, 0.25) is 0 Å². The monoisotopic (exact) mass is 487 g/mol. The van der Waals surface area contributed by atoms with E-state index in [1.165, 1.54) is 0 Å². The summed E-state index contributed by atoms with van der Waals surface area (Å²) in [5, 5.41) is 6.67. The topological polar surface area (TPSA) is 70.7 Å². The van der Waals surface area contributed by atoms with Crippen molar-refractivity contribution in [3.05, 3.63) is 0 Å². The van der Waals surface area contributed by atoms with Crippen molar-refractivity contribution in [1.82, 2.24) is 15.5 Å². The Morgan fingerprint density at radius 2 is 1.76 bits per heavy atom. The molecule has 4 aliphatic rings. The number of carbonyl (C=O) groups excluding carboxylic acids is 2. The second-order valence-electron chi connectivity index (χ2n) is 11.4. The van der Waals surface area contributed by atoms with Gasteiger partial charge in [-0.3, -0.25) is 14.3 Å². The molecule has 4 rings (SSSR count). The fourth-order valence-corrected chi connectivity index (χ4v) is 7.04. The molecule has 194 valence electrons. The predicted octanol–water partition coefficient (Wildman–Crippen LogP) is 3.85. The first-order valence-electron chi connectivity index (χ1n) is 13.1. The molecule has 7 unspecified atom stereocenters. The Morgan fingerprint density at radius 3 is 2.44 bits per heavy atom. The largest absolute Gasteiger partial charge is 0.522 e. The standard InChI is InChI=1S/C25H40F3N3O3/c1-14-4-5-16(23(32)30-18-6-8-19(9-7-18)34-25(26,27)28)11-20(14)21-12-17-13-29-15(2)10-22(17)31(3)24(21)33/h14-22,29H,4-13H2,1-3H3,(H,30,32). The molecule has 0 radical (unpaired) electrons. The van der Waals surface area contributed by atoms with Crippen LogP contribution in [0.5, 0.6) is 0 Å². The number of alkyl halides is 3. The average Bonchev–Trinajstić information content (AvgIpc) is 2.77. The summed E-state index contributed by atoms with van der Waals surface area (Å²) in [6.07, 6.45) is 0.489. The Labute approximate surface area is 200 Å². The van der Waals surface area contributed by atoms with E-state index >= 15 is 0 Å². The second-order valence-corrected chi connectivity index (χ2v) is 11.4. The van der Waals surface area contributed by atoms with Gasteiger partial charge in [0.25, 0.3) is 0 Å². The molecule has 4 fully saturated rings. The lowest BCUT2D eigenvalue weighted by Crippen LogP contribution is -2.60. The van der Waals surface area contributed by atoms with E-state index in [9.17, 15) is 22.8 Å². The van der Waals surface area contributed by atoms with Gasteiger partial charge in [0.05, 0.1) is 6.10 Å². The van der Waals surface area contributed by atoms with Crippen molar-refractivity contribution in [3.63, 3.8) is 0 Å². The number of carbonyl (C=O) groups is 2. The zero-order chi connectivity index (χ0) is 24.6. The molecule has 2 aliphatic heterocycles. The minimum Gasteiger partial charge on any atom is -0.353 e. The summed E-state index contributed by atoms with van der Waals surface area (Å²) in [5.74, 6) is 1.10. The normalized spacial score (nSPS) is 41.6. The molecule has 9 heteroatoms. The lowest BCUT2D eigenvalue weighted by molar-refractivity contribution is -0.345. The van der Waals surface area contributed by atoms with Gasteiger partial charge in [0.1, 0.15) is 0 Å². The van der Waals surface area contributed by atoms with Crippen molar-refractivity contribution in [2.24, 2.45) is 29.6 Å². The summed E-state index contributed by atoms with van der Waals surface area (Å²) in [6.45, 7) is 5.32. The van der Waals surface area contributed by atoms with Crippen molar-refractivity contribution in [3.8, 4) is 0 Å². The van der Waals surface area contributed by atoms with Crippen LogP contribution in [0.4, 0.5) is 13.2 Å². The molecule has 0 aromatic rings. The number of rotatable bonds is 4. The maximum Gasteiger partial charge on any atom is 0.522 e. The molecule has 0 aromatic carbocycles. The summed E-state index contributed by atoms with van der Waals surface area (Å²) in [7, 11) is 1.95. The molecule has 2 saturated heterocycles. The van der Waals surface area contributed by atoms with Crippen molar-refractivity contribution < 1.29 is 27.5 Å². The Morgan fingerprint density at radius 1 is 1.06 bits per heavy atom. The molecule has 7 atom stereocenters. The quantitative estimate of drug-likeness (QED) is 0.632. The van der Waals surface area contributed by atoms with Crippen LogP contribution in [0.25, 0.3) is 0 Å². The minimum atomic E-state index is -4.61. The summed E-state index contributed by atoms with van der Waals surface area (Å²) >= 11 is 0. The maximum atomic E-state index is 13.4. The number of piperidine rings is 2. The molecule has 0 spiro atoms. The number of fused-ring (bicyclic) bond motifs is 1. The van der Waals surface area contributed by atoms with Crippen LogP contribution < -0.4 is 10.6 Å². The third-order valence-corrected chi connectivity index (χ3v) is 9.05. The molecule has 6 nitrogen and oxygen atoms in total. The van der Waals surface area contributed by atoms with E-state index in [1.807, 2.05) is 11.9 Å². The number of nitrogens with zero attached hydrogens (tertiary/aromatic N) is 1. The van der Waals surface area contributed by atoms with Gasteiger partial charge in [-0.05, 0) is 82.5 Å². The lowest BCUT2D eigenvalue weighted by atomic mass is 9.64. The van der Waals surface area contributed by atoms with Crippen LogP contribution in [0, 0.1) is 29.6 Å². The third-order valence-electron chi connectivity index (χ3n) is 9.05. The lowest BCUT2D eigenvalue weighted by Gasteiger charge is -2.50. The van der Waals surface area contributed by atoms with E-state index in [-0.39, 0.29) is 35.6 Å². The molecule has 2 amide bonds. The molecule has 2 heterocycles. The molecule has 2 aliphatic carbocycles. The van der Waals surface area contributed by atoms with Gasteiger partial charge >= 0.3 is 6.36 Å². The number of likely N-dealkylation sites (tertiary alicyclic amines) is 1. The second kappa shape index (κ2) is 10.3. The highest BCUT2D eigenvalue weighted by Gasteiger charge is 2.47. The van der Waals surface area contributed by atoms with Gasteiger partial charge < -0.3 is 15.5 Å². The third kappa shape index (κ3) is 5.89. The Hall–Kier alpha value is -1.35. The van der Waals surface area contributed by atoms with E-state index in [0.29, 0.717) is 56.0 Å². The highest BCUT2D eigenvalue weighted by molar-refractivity contribution is 5.81. The first kappa shape index (κ1) is 25.7. The predicted molar refractivity (Wildman–Crippen MR) is 122 cm³/mol. The van der Waals surface area contributed by atoms with Gasteiger partial charge in [-0.2, -0.15) is 0 Å². The number of halogens is 3. The fraction of sp³-hybridized carbons (Fsp3) is 0.920. The van der Waals surface area contributed by atoms with Crippen LogP contribution in [0.3, 0.4) is 0 Å². The fourth-order valence-electron chi connectivity index (χ4n) is 7.04. The maximum absolute atomic E-state index is 13.4. The summed E-state index contributed by atoms with van der Waals surface area (Å²) < 4.78 is 41.5. The molecule has 2 N–H and O–H groups in total. The first-order chi connectivity index (χ1) is 16.0. The van der Waals surface area contributed by atoms with Gasteiger partial charge in [-0.15, -0.1) is 13.2 Å². The van der Waals surface area contributed by atoms with Crippen LogP contribution in [0.1, 0.15) is 71.6 Å². The number of ether oxygens (including phenoxy) is 1. The van der Waals surface area contributed by atoms with E-state index in [2.05, 4.69) is 29.2 Å². The Bertz CT molecular complexity index is 741. The van der Waals surface area contributed by atoms with Gasteiger partial charge in [0.2, 0.25) is 11.8 Å². The van der Waals surface area contributed by atoms with E-state index in [4.69, 9.17) is 0 Å². The van der Waals surface area contributed by atoms with Gasteiger partial charge in [-0.25, -0.2) is 0 Å². The molecular formula is C25H40F3N3O3. The zero-order valence-corrected chi connectivity index (χ0v) is 20.6. The van der Waals surface area contributed by atoms with Crippen molar-refractivity contribution in [1.29, 1.82) is 0 Å². The number of nitrogens with one attached hydrogen (secondary N) is 2. The first-order valence-corrected chi connectivity index (χ1v) is 13.1. The van der Waals surface area contributed by atoms with Gasteiger partial charge in [0, 0.05) is 43.6 Å². The van der Waals surface area contributed by atoms with Crippen LogP contribution in [-0.4, -0.2) is 60.9 Å². The Kier molecular flexibility index (Phi) is 7.82. The number of amides is 2. The van der Waals surface area contributed by atoms with Crippen molar-refractivity contribution in [2.45, 2.75) is 102 Å². The highest BCUT2D eigenvalue weighted by atomic mass is 19.4.